The quantitative estimate of drug-likeness (QED) is 0.375. The summed E-state index contributed by atoms with van der Waals surface area (Å²) in [5, 5.41) is 1.40. The molecule has 1 unspecified atom stereocenters. The predicted molar refractivity (Wildman–Crippen MR) is 106 cm³/mol. The van der Waals surface area contributed by atoms with Crippen LogP contribution >= 0.6 is 0 Å². The van der Waals surface area contributed by atoms with Crippen LogP contribution < -0.4 is 0 Å². The molecule has 0 aliphatic rings. The first-order valence-corrected chi connectivity index (χ1v) is 15.6. The molecule has 2 heteroatoms. The Hall–Kier alpha value is -0.441. The molecule has 1 nitrogen and oxygen atoms in total. The second-order valence-electron chi connectivity index (χ2n) is 7.08. The van der Waals surface area contributed by atoms with Gasteiger partial charge < -0.3 is 0 Å². The monoisotopic (exact) mass is 420 g/mol. The number of rotatable bonds is 10. The van der Waals surface area contributed by atoms with E-state index in [2.05, 4.69) is 62.7 Å². The molecule has 2 rings (SSSR count). The number of benzene rings is 1. The molecule has 0 fully saturated rings. The number of hydrogen-bond acceptors (Lipinski definition) is 0. The maximum atomic E-state index is 2.44. The van der Waals surface area contributed by atoms with Gasteiger partial charge in [-0.15, -0.1) is 0 Å². The van der Waals surface area contributed by atoms with Crippen LogP contribution in [0.25, 0.3) is 10.9 Å². The molecule has 0 aliphatic carbocycles. The van der Waals surface area contributed by atoms with Crippen molar-refractivity contribution in [3.63, 3.8) is 0 Å². The van der Waals surface area contributed by atoms with Crippen molar-refractivity contribution in [3.8, 4) is 0 Å². The van der Waals surface area contributed by atoms with E-state index in [4.69, 9.17) is 0 Å². The predicted octanol–water partition coefficient (Wildman–Crippen LogP) is 6.77. The summed E-state index contributed by atoms with van der Waals surface area (Å²) in [6.45, 7) is 7.13. The Bertz CT molecular complexity index is 579. The molecule has 127 valence electrons. The third-order valence-corrected chi connectivity index (χ3v) is 14.1. The van der Waals surface area contributed by atoms with Gasteiger partial charge in [-0.1, -0.05) is 0 Å². The SMILES string of the molecule is CCC[CH2][Sn]([CH2]CCC)[CH2]CC(C)c1cc2ccccc2n1C. The minimum atomic E-state index is -1.11. The second kappa shape index (κ2) is 9.76. The van der Waals surface area contributed by atoms with Crippen LogP contribution in [0.4, 0.5) is 0 Å². The van der Waals surface area contributed by atoms with Crippen LogP contribution in [0.3, 0.4) is 0 Å². The van der Waals surface area contributed by atoms with E-state index in [0.717, 1.165) is 0 Å². The van der Waals surface area contributed by atoms with E-state index < -0.39 is 19.8 Å². The number of fused-ring (bicyclic) bond motifs is 1. The van der Waals surface area contributed by atoms with Crippen molar-refractivity contribution in [2.75, 3.05) is 0 Å². The van der Waals surface area contributed by atoms with Crippen LogP contribution in [0.2, 0.25) is 13.3 Å². The molecular weight excluding hydrogens is 385 g/mol. The Morgan fingerprint density at radius 3 is 2.26 bits per heavy atom. The first-order valence-electron chi connectivity index (χ1n) is 9.55. The summed E-state index contributed by atoms with van der Waals surface area (Å²) in [6, 6.07) is 11.2. The zero-order chi connectivity index (χ0) is 16.7. The fraction of sp³-hybridized carbons (Fsp3) is 0.619. The van der Waals surface area contributed by atoms with Crippen LogP contribution in [-0.4, -0.2) is 24.3 Å². The molecular formula is C21H34NSn. The minimum absolute atomic E-state index is 0.700. The molecule has 1 radical (unpaired) electrons. The van der Waals surface area contributed by atoms with E-state index in [1.165, 1.54) is 48.7 Å². The van der Waals surface area contributed by atoms with Crippen LogP contribution in [0.5, 0.6) is 0 Å². The van der Waals surface area contributed by atoms with Gasteiger partial charge in [0.05, 0.1) is 0 Å². The average molecular weight is 419 g/mol. The van der Waals surface area contributed by atoms with Crippen LogP contribution in [0, 0.1) is 0 Å². The van der Waals surface area contributed by atoms with Gasteiger partial charge in [0, 0.05) is 0 Å². The zero-order valence-electron chi connectivity index (χ0n) is 15.6. The van der Waals surface area contributed by atoms with Gasteiger partial charge in [-0.3, -0.25) is 0 Å². The number of hydrogen-bond donors (Lipinski definition) is 0. The second-order valence-corrected chi connectivity index (χ2v) is 15.6. The van der Waals surface area contributed by atoms with E-state index in [0.29, 0.717) is 5.92 Å². The van der Waals surface area contributed by atoms with Crippen molar-refractivity contribution in [1.29, 1.82) is 0 Å². The number of nitrogens with zero attached hydrogens (tertiary/aromatic N) is 1. The Balaban J connectivity index is 1.98. The van der Waals surface area contributed by atoms with Crippen molar-refractivity contribution in [2.45, 2.75) is 72.1 Å². The molecule has 0 aliphatic heterocycles. The summed E-state index contributed by atoms with van der Waals surface area (Å²) in [7, 11) is 2.24. The summed E-state index contributed by atoms with van der Waals surface area (Å²) < 4.78 is 7.26. The molecule has 0 spiro atoms. The molecule has 0 saturated heterocycles. The summed E-state index contributed by atoms with van der Waals surface area (Å²) in [5.74, 6) is 0.700. The molecule has 0 N–H and O–H groups in total. The Kier molecular flexibility index (Phi) is 8.01. The Labute approximate surface area is 150 Å². The number of aromatic nitrogens is 1. The summed E-state index contributed by atoms with van der Waals surface area (Å²) in [5.41, 5.74) is 2.91. The number of para-hydroxylation sites is 1. The average Bonchev–Trinajstić information content (AvgIpc) is 2.91. The number of aryl methyl sites for hydroxylation is 1. The van der Waals surface area contributed by atoms with E-state index in [1.54, 1.807) is 13.3 Å². The van der Waals surface area contributed by atoms with Gasteiger partial charge >= 0.3 is 150 Å². The maximum absolute atomic E-state index is 2.44. The molecule has 1 atom stereocenters. The molecule has 23 heavy (non-hydrogen) atoms. The molecule has 0 bridgehead atoms. The fourth-order valence-electron chi connectivity index (χ4n) is 3.58. The molecule has 0 amide bonds. The fourth-order valence-corrected chi connectivity index (χ4v) is 13.0. The molecule has 2 aromatic rings. The molecule has 1 aromatic heterocycles. The van der Waals surface area contributed by atoms with Gasteiger partial charge in [-0.25, -0.2) is 0 Å². The van der Waals surface area contributed by atoms with Gasteiger partial charge in [0.25, 0.3) is 0 Å². The molecule has 1 aromatic carbocycles. The van der Waals surface area contributed by atoms with Gasteiger partial charge in [0.15, 0.2) is 0 Å². The van der Waals surface area contributed by atoms with E-state index in [1.807, 2.05) is 0 Å². The number of unbranched alkanes of at least 4 members (excludes halogenated alkanes) is 2. The summed E-state index contributed by atoms with van der Waals surface area (Å²) in [6.07, 6.45) is 7.15. The van der Waals surface area contributed by atoms with Crippen molar-refractivity contribution in [3.05, 3.63) is 36.0 Å². The van der Waals surface area contributed by atoms with Crippen LogP contribution in [-0.2, 0) is 7.05 Å². The van der Waals surface area contributed by atoms with Crippen LogP contribution in [0.15, 0.2) is 30.3 Å². The Morgan fingerprint density at radius 1 is 1.00 bits per heavy atom. The van der Waals surface area contributed by atoms with Gasteiger partial charge in [0.1, 0.15) is 0 Å². The zero-order valence-corrected chi connectivity index (χ0v) is 18.4. The van der Waals surface area contributed by atoms with E-state index >= 15 is 0 Å². The van der Waals surface area contributed by atoms with Crippen molar-refractivity contribution in [2.24, 2.45) is 7.05 Å². The third-order valence-electron chi connectivity index (χ3n) is 5.19. The van der Waals surface area contributed by atoms with E-state index in [9.17, 15) is 0 Å². The van der Waals surface area contributed by atoms with Crippen LogP contribution in [0.1, 0.15) is 64.5 Å². The molecule has 1 heterocycles. The standard InChI is InChI=1S/C13H16N.2C4H9.Sn/c1-4-10(2)13-9-11-7-5-6-8-12(11)14(13)3;2*1-3-4-2;/h5-10H,1,4H2,2-3H3;2*1,3-4H2,2H3;. The van der Waals surface area contributed by atoms with Crippen molar-refractivity contribution >= 4 is 30.7 Å². The molecule has 0 saturated carbocycles. The van der Waals surface area contributed by atoms with E-state index in [-0.39, 0.29) is 0 Å². The van der Waals surface area contributed by atoms with Crippen molar-refractivity contribution < 1.29 is 0 Å². The van der Waals surface area contributed by atoms with Gasteiger partial charge in [-0.2, -0.15) is 0 Å². The first-order chi connectivity index (χ1) is 11.2. The normalized spacial score (nSPS) is 13.1. The summed E-state index contributed by atoms with van der Waals surface area (Å²) in [4.78, 5) is 0. The first kappa shape index (κ1) is 18.9. The Morgan fingerprint density at radius 2 is 1.65 bits per heavy atom. The van der Waals surface area contributed by atoms with Gasteiger partial charge in [0.2, 0.25) is 0 Å². The summed E-state index contributed by atoms with van der Waals surface area (Å²) >= 11 is -1.11. The third kappa shape index (κ3) is 5.27. The van der Waals surface area contributed by atoms with Crippen molar-refractivity contribution in [1.82, 2.24) is 4.57 Å². The van der Waals surface area contributed by atoms with Gasteiger partial charge in [-0.05, 0) is 0 Å². The topological polar surface area (TPSA) is 4.93 Å².